The Morgan fingerprint density at radius 3 is 3.04 bits per heavy atom. The molecule has 0 bridgehead atoms. The topological polar surface area (TPSA) is 99.1 Å². The van der Waals surface area contributed by atoms with E-state index in [9.17, 15) is 14.7 Å². The van der Waals surface area contributed by atoms with E-state index in [1.54, 1.807) is 4.57 Å². The number of para-hydroxylation sites is 2. The van der Waals surface area contributed by atoms with Crippen LogP contribution in [0.4, 0.5) is 4.79 Å². The highest BCUT2D eigenvalue weighted by atomic mass is 16.3. The van der Waals surface area contributed by atoms with Crippen molar-refractivity contribution in [2.75, 3.05) is 13.2 Å². The summed E-state index contributed by atoms with van der Waals surface area (Å²) < 4.78 is 1.61. The number of urea groups is 1. The van der Waals surface area contributed by atoms with Crippen LogP contribution in [0.25, 0.3) is 11.0 Å². The van der Waals surface area contributed by atoms with Gasteiger partial charge in [0.15, 0.2) is 0 Å². The summed E-state index contributed by atoms with van der Waals surface area (Å²) in [7, 11) is 0. The van der Waals surface area contributed by atoms with Gasteiger partial charge in [0.1, 0.15) is 0 Å². The number of hydrogen-bond donors (Lipinski definition) is 4. The van der Waals surface area contributed by atoms with Crippen LogP contribution in [0.15, 0.2) is 29.1 Å². The van der Waals surface area contributed by atoms with Crippen LogP contribution in [-0.4, -0.2) is 39.9 Å². The average molecular weight is 332 g/mol. The van der Waals surface area contributed by atoms with Gasteiger partial charge in [0.2, 0.25) is 0 Å². The van der Waals surface area contributed by atoms with E-state index in [1.165, 1.54) is 0 Å². The van der Waals surface area contributed by atoms with E-state index in [2.05, 4.69) is 15.6 Å². The molecule has 2 amide bonds. The van der Waals surface area contributed by atoms with Crippen LogP contribution in [-0.2, 0) is 6.54 Å². The molecule has 7 heteroatoms. The number of aromatic nitrogens is 2. The molecule has 24 heavy (non-hydrogen) atoms. The lowest BCUT2D eigenvalue weighted by Gasteiger charge is -2.30. The van der Waals surface area contributed by atoms with E-state index in [4.69, 9.17) is 0 Å². The number of aliphatic hydroxyl groups excluding tert-OH is 1. The molecular formula is C17H24N4O3. The molecule has 130 valence electrons. The van der Waals surface area contributed by atoms with Crippen molar-refractivity contribution < 1.29 is 9.90 Å². The normalized spacial score (nSPS) is 23.5. The Labute approximate surface area is 140 Å². The summed E-state index contributed by atoms with van der Waals surface area (Å²) in [5.41, 5.74) is 1.19. The van der Waals surface area contributed by atoms with Gasteiger partial charge in [-0.1, -0.05) is 25.5 Å². The maximum absolute atomic E-state index is 12.1. The third kappa shape index (κ3) is 3.17. The molecule has 0 spiro atoms. The van der Waals surface area contributed by atoms with Gasteiger partial charge in [0.05, 0.1) is 17.6 Å². The van der Waals surface area contributed by atoms with Crippen LogP contribution >= 0.6 is 0 Å². The van der Waals surface area contributed by atoms with Crippen molar-refractivity contribution in [2.45, 2.75) is 38.8 Å². The van der Waals surface area contributed by atoms with Crippen molar-refractivity contribution in [3.63, 3.8) is 0 Å². The Balaban J connectivity index is 1.55. The number of benzene rings is 1. The zero-order valence-electron chi connectivity index (χ0n) is 13.8. The molecule has 1 heterocycles. The monoisotopic (exact) mass is 332 g/mol. The summed E-state index contributed by atoms with van der Waals surface area (Å²) >= 11 is 0. The Morgan fingerprint density at radius 1 is 1.46 bits per heavy atom. The number of H-pyrrole nitrogens is 1. The fraction of sp³-hybridized carbons (Fsp3) is 0.529. The first-order valence-corrected chi connectivity index (χ1v) is 8.36. The summed E-state index contributed by atoms with van der Waals surface area (Å²) in [4.78, 5) is 26.8. The van der Waals surface area contributed by atoms with E-state index in [-0.39, 0.29) is 29.8 Å². The molecule has 1 aliphatic carbocycles. The molecule has 4 N–H and O–H groups in total. The summed E-state index contributed by atoms with van der Waals surface area (Å²) in [6.07, 6.45) is 2.80. The smallest absolute Gasteiger partial charge is 0.326 e. The van der Waals surface area contributed by atoms with Crippen molar-refractivity contribution in [1.82, 2.24) is 20.2 Å². The summed E-state index contributed by atoms with van der Waals surface area (Å²) in [5.74, 6) is 0. The van der Waals surface area contributed by atoms with Crippen LogP contribution in [0.2, 0.25) is 0 Å². The van der Waals surface area contributed by atoms with Gasteiger partial charge in [-0.15, -0.1) is 0 Å². The maximum Gasteiger partial charge on any atom is 0.326 e. The second-order valence-electron chi connectivity index (χ2n) is 6.76. The molecule has 1 aromatic heterocycles. The zero-order chi connectivity index (χ0) is 17.2. The van der Waals surface area contributed by atoms with Crippen molar-refractivity contribution in [3.8, 4) is 0 Å². The maximum atomic E-state index is 12.1. The third-order valence-corrected chi connectivity index (χ3v) is 5.05. The van der Waals surface area contributed by atoms with Gasteiger partial charge in [-0.3, -0.25) is 4.57 Å². The number of hydrogen-bond acceptors (Lipinski definition) is 3. The molecule has 0 saturated heterocycles. The second kappa shape index (κ2) is 6.68. The van der Waals surface area contributed by atoms with Crippen molar-refractivity contribution in [3.05, 3.63) is 34.7 Å². The first-order chi connectivity index (χ1) is 11.5. The van der Waals surface area contributed by atoms with Crippen molar-refractivity contribution >= 4 is 17.1 Å². The summed E-state index contributed by atoms with van der Waals surface area (Å²) in [6.45, 7) is 2.83. The lowest BCUT2D eigenvalue weighted by atomic mass is 9.86. The van der Waals surface area contributed by atoms with Crippen LogP contribution in [0.3, 0.4) is 0 Å². The van der Waals surface area contributed by atoms with Crippen LogP contribution in [0, 0.1) is 5.41 Å². The van der Waals surface area contributed by atoms with Crippen LogP contribution in [0.5, 0.6) is 0 Å². The number of fused-ring (bicyclic) bond motifs is 1. The standard InChI is InChI=1S/C17H24N4O3/c1-17(11-22)8-4-7-14(17)20-15(23)18-9-10-21-13-6-3-2-5-12(13)19-16(21)24/h2-3,5-6,14,22H,4,7-11H2,1H3,(H,19,24)(H2,18,20,23). The molecule has 0 radical (unpaired) electrons. The quantitative estimate of drug-likeness (QED) is 0.661. The largest absolute Gasteiger partial charge is 0.396 e. The molecule has 0 aliphatic heterocycles. The highest BCUT2D eigenvalue weighted by Crippen LogP contribution is 2.37. The van der Waals surface area contributed by atoms with E-state index in [0.717, 1.165) is 30.3 Å². The van der Waals surface area contributed by atoms with Gasteiger partial charge in [0.25, 0.3) is 0 Å². The molecular weight excluding hydrogens is 308 g/mol. The van der Waals surface area contributed by atoms with Crippen LogP contribution < -0.4 is 16.3 Å². The molecule has 1 fully saturated rings. The molecule has 1 aliphatic rings. The van der Waals surface area contributed by atoms with Crippen molar-refractivity contribution in [1.29, 1.82) is 0 Å². The number of aliphatic hydroxyl groups is 1. The number of nitrogens with zero attached hydrogens (tertiary/aromatic N) is 1. The van der Waals surface area contributed by atoms with Gasteiger partial charge < -0.3 is 20.7 Å². The number of aromatic amines is 1. The number of carbonyl (C=O) groups excluding carboxylic acids is 1. The van der Waals surface area contributed by atoms with Crippen LogP contribution in [0.1, 0.15) is 26.2 Å². The minimum Gasteiger partial charge on any atom is -0.396 e. The van der Waals surface area contributed by atoms with Gasteiger partial charge >= 0.3 is 11.7 Å². The molecule has 1 saturated carbocycles. The lowest BCUT2D eigenvalue weighted by Crippen LogP contribution is -2.49. The molecule has 2 aromatic rings. The van der Waals surface area contributed by atoms with E-state index < -0.39 is 0 Å². The third-order valence-electron chi connectivity index (χ3n) is 5.05. The Bertz CT molecular complexity index is 781. The van der Waals surface area contributed by atoms with E-state index in [0.29, 0.717) is 13.1 Å². The highest BCUT2D eigenvalue weighted by molar-refractivity contribution is 5.75. The second-order valence-corrected chi connectivity index (χ2v) is 6.76. The first-order valence-electron chi connectivity index (χ1n) is 8.36. The molecule has 1 aromatic carbocycles. The molecule has 2 unspecified atom stereocenters. The summed E-state index contributed by atoms with van der Waals surface area (Å²) in [5, 5.41) is 15.3. The Kier molecular flexibility index (Phi) is 4.62. The predicted molar refractivity (Wildman–Crippen MR) is 91.9 cm³/mol. The number of amides is 2. The molecule has 7 nitrogen and oxygen atoms in total. The van der Waals surface area contributed by atoms with Gasteiger partial charge in [-0.2, -0.15) is 0 Å². The SMILES string of the molecule is CC1(CO)CCCC1NC(=O)NCCn1c(=O)[nH]c2ccccc21. The Morgan fingerprint density at radius 2 is 2.25 bits per heavy atom. The van der Waals surface area contributed by atoms with Gasteiger partial charge in [-0.05, 0) is 25.0 Å². The predicted octanol–water partition coefficient (Wildman–Crippen LogP) is 1.18. The number of imidazole rings is 1. The molecule has 2 atom stereocenters. The minimum atomic E-state index is -0.255. The highest BCUT2D eigenvalue weighted by Gasteiger charge is 2.39. The lowest BCUT2D eigenvalue weighted by molar-refractivity contribution is 0.121. The van der Waals surface area contributed by atoms with Crippen molar-refractivity contribution in [2.24, 2.45) is 5.41 Å². The van der Waals surface area contributed by atoms with Gasteiger partial charge in [-0.25, -0.2) is 9.59 Å². The van der Waals surface area contributed by atoms with E-state index >= 15 is 0 Å². The molecule has 3 rings (SSSR count). The summed E-state index contributed by atoms with van der Waals surface area (Å²) in [6, 6.07) is 7.20. The number of carbonyl (C=O) groups is 1. The Hall–Kier alpha value is -2.28. The first kappa shape index (κ1) is 16.6. The van der Waals surface area contributed by atoms with Gasteiger partial charge in [0, 0.05) is 24.5 Å². The van der Waals surface area contributed by atoms with E-state index in [1.807, 2.05) is 31.2 Å². The fourth-order valence-corrected chi connectivity index (χ4v) is 3.49. The average Bonchev–Trinajstić information content (AvgIpc) is 3.09. The number of nitrogens with one attached hydrogen (secondary N) is 3. The minimum absolute atomic E-state index is 0.0155. The number of rotatable bonds is 5. The fourth-order valence-electron chi connectivity index (χ4n) is 3.49. The zero-order valence-corrected chi connectivity index (χ0v) is 13.8.